The molecule has 3 aromatic rings. The summed E-state index contributed by atoms with van der Waals surface area (Å²) >= 11 is 0. The SMILES string of the molecule is CC(C)N(C(=O)O)c1nnc2c(N(C)Cc3ccccc3)nccn12. The van der Waals surface area contributed by atoms with E-state index >= 15 is 0 Å². The van der Waals surface area contributed by atoms with Gasteiger partial charge in [-0.1, -0.05) is 30.3 Å². The lowest BCUT2D eigenvalue weighted by atomic mass is 10.2. The van der Waals surface area contributed by atoms with Crippen molar-refractivity contribution in [1.29, 1.82) is 0 Å². The van der Waals surface area contributed by atoms with Crippen LogP contribution in [0.25, 0.3) is 5.65 Å². The highest BCUT2D eigenvalue weighted by atomic mass is 16.4. The zero-order chi connectivity index (χ0) is 18.0. The lowest BCUT2D eigenvalue weighted by Crippen LogP contribution is -2.37. The molecule has 2 aromatic heterocycles. The molecular formula is C17H20N6O2. The summed E-state index contributed by atoms with van der Waals surface area (Å²) in [5, 5.41) is 17.7. The van der Waals surface area contributed by atoms with Gasteiger partial charge in [-0.15, -0.1) is 10.2 Å². The summed E-state index contributed by atoms with van der Waals surface area (Å²) in [5.41, 5.74) is 1.66. The molecule has 2 heterocycles. The van der Waals surface area contributed by atoms with Crippen LogP contribution in [0.2, 0.25) is 0 Å². The van der Waals surface area contributed by atoms with Crippen molar-refractivity contribution >= 4 is 23.5 Å². The van der Waals surface area contributed by atoms with Crippen molar-refractivity contribution in [2.45, 2.75) is 26.4 Å². The predicted octanol–water partition coefficient (Wildman–Crippen LogP) is 2.65. The summed E-state index contributed by atoms with van der Waals surface area (Å²) in [5.74, 6) is 0.897. The van der Waals surface area contributed by atoms with Crippen LogP contribution in [-0.2, 0) is 6.54 Å². The summed E-state index contributed by atoms with van der Waals surface area (Å²) < 4.78 is 1.65. The number of anilines is 2. The minimum Gasteiger partial charge on any atom is -0.465 e. The molecule has 0 bridgehead atoms. The summed E-state index contributed by atoms with van der Waals surface area (Å²) in [6, 6.07) is 9.76. The number of carbonyl (C=O) groups is 1. The molecule has 8 heteroatoms. The van der Waals surface area contributed by atoms with E-state index in [-0.39, 0.29) is 12.0 Å². The molecule has 1 N–H and O–H groups in total. The summed E-state index contributed by atoms with van der Waals surface area (Å²) in [4.78, 5) is 19.1. The Balaban J connectivity index is 2.00. The normalized spacial score (nSPS) is 11.0. The molecule has 0 unspecified atom stereocenters. The van der Waals surface area contributed by atoms with E-state index in [1.165, 1.54) is 4.90 Å². The van der Waals surface area contributed by atoms with Crippen LogP contribution in [0.5, 0.6) is 0 Å². The Kier molecular flexibility index (Phi) is 4.51. The van der Waals surface area contributed by atoms with Crippen molar-refractivity contribution < 1.29 is 9.90 Å². The molecule has 0 aliphatic carbocycles. The van der Waals surface area contributed by atoms with Gasteiger partial charge in [0, 0.05) is 32.0 Å². The Morgan fingerprint density at radius 2 is 1.96 bits per heavy atom. The minimum absolute atomic E-state index is 0.259. The second-order valence-corrected chi connectivity index (χ2v) is 6.03. The van der Waals surface area contributed by atoms with E-state index in [9.17, 15) is 9.90 Å². The average Bonchev–Trinajstić information content (AvgIpc) is 2.99. The van der Waals surface area contributed by atoms with Gasteiger partial charge in [-0.25, -0.2) is 14.7 Å². The highest BCUT2D eigenvalue weighted by molar-refractivity contribution is 5.85. The van der Waals surface area contributed by atoms with Crippen molar-refractivity contribution in [3.63, 3.8) is 0 Å². The Morgan fingerprint density at radius 1 is 1.24 bits per heavy atom. The molecule has 25 heavy (non-hydrogen) atoms. The number of nitrogens with zero attached hydrogens (tertiary/aromatic N) is 6. The quantitative estimate of drug-likeness (QED) is 0.768. The van der Waals surface area contributed by atoms with Gasteiger partial charge < -0.3 is 10.0 Å². The maximum absolute atomic E-state index is 11.6. The standard InChI is InChI=1S/C17H20N6O2/c1-12(2)23(17(24)25)16-20-19-15-14(18-9-10-22(15)16)21(3)11-13-7-5-4-6-8-13/h4-10,12H,11H2,1-3H3,(H,24,25). The van der Waals surface area contributed by atoms with E-state index in [1.54, 1.807) is 30.6 Å². The summed E-state index contributed by atoms with van der Waals surface area (Å²) in [6.07, 6.45) is 2.22. The van der Waals surface area contributed by atoms with Crippen LogP contribution in [0.3, 0.4) is 0 Å². The molecule has 8 nitrogen and oxygen atoms in total. The first-order valence-corrected chi connectivity index (χ1v) is 7.96. The van der Waals surface area contributed by atoms with Crippen LogP contribution in [0, 0.1) is 0 Å². The fraction of sp³-hybridized carbons (Fsp3) is 0.294. The van der Waals surface area contributed by atoms with Crippen molar-refractivity contribution in [3.8, 4) is 0 Å². The first-order chi connectivity index (χ1) is 12.0. The highest BCUT2D eigenvalue weighted by Crippen LogP contribution is 2.23. The maximum Gasteiger partial charge on any atom is 0.414 e. The first-order valence-electron chi connectivity index (χ1n) is 7.96. The Morgan fingerprint density at radius 3 is 2.60 bits per heavy atom. The number of hydrogen-bond acceptors (Lipinski definition) is 5. The second-order valence-electron chi connectivity index (χ2n) is 6.03. The lowest BCUT2D eigenvalue weighted by Gasteiger charge is -2.21. The van der Waals surface area contributed by atoms with Gasteiger partial charge in [-0.05, 0) is 19.4 Å². The number of fused-ring (bicyclic) bond motifs is 1. The van der Waals surface area contributed by atoms with Crippen molar-refractivity contribution in [2.24, 2.45) is 0 Å². The predicted molar refractivity (Wildman–Crippen MR) is 95.0 cm³/mol. The molecule has 0 saturated carbocycles. The van der Waals surface area contributed by atoms with E-state index in [2.05, 4.69) is 15.2 Å². The molecule has 0 atom stereocenters. The fourth-order valence-corrected chi connectivity index (χ4v) is 2.70. The van der Waals surface area contributed by atoms with Crippen LogP contribution < -0.4 is 9.80 Å². The summed E-state index contributed by atoms with van der Waals surface area (Å²) in [7, 11) is 1.92. The van der Waals surface area contributed by atoms with Crippen molar-refractivity contribution in [2.75, 3.05) is 16.8 Å². The molecule has 0 spiro atoms. The molecule has 130 valence electrons. The van der Waals surface area contributed by atoms with Crippen molar-refractivity contribution in [3.05, 3.63) is 48.3 Å². The Labute approximate surface area is 145 Å². The summed E-state index contributed by atoms with van der Waals surface area (Å²) in [6.45, 7) is 4.24. The van der Waals surface area contributed by atoms with Gasteiger partial charge in [-0.3, -0.25) is 4.40 Å². The average molecular weight is 340 g/mol. The molecular weight excluding hydrogens is 320 g/mol. The number of benzene rings is 1. The van der Waals surface area contributed by atoms with Crippen molar-refractivity contribution in [1.82, 2.24) is 19.6 Å². The van der Waals surface area contributed by atoms with Crippen LogP contribution >= 0.6 is 0 Å². The third kappa shape index (κ3) is 3.23. The van der Waals surface area contributed by atoms with E-state index in [0.717, 1.165) is 5.56 Å². The zero-order valence-corrected chi connectivity index (χ0v) is 14.4. The molecule has 0 radical (unpaired) electrons. The fourth-order valence-electron chi connectivity index (χ4n) is 2.70. The van der Waals surface area contributed by atoms with Gasteiger partial charge in [0.1, 0.15) is 0 Å². The molecule has 0 aliphatic heterocycles. The van der Waals surface area contributed by atoms with Gasteiger partial charge in [-0.2, -0.15) is 0 Å². The second kappa shape index (κ2) is 6.76. The largest absolute Gasteiger partial charge is 0.465 e. The first kappa shape index (κ1) is 16.7. The van der Waals surface area contributed by atoms with Crippen LogP contribution in [0.4, 0.5) is 16.6 Å². The Bertz CT molecular complexity index is 877. The maximum atomic E-state index is 11.6. The smallest absolute Gasteiger partial charge is 0.414 e. The number of hydrogen-bond donors (Lipinski definition) is 1. The molecule has 1 aromatic carbocycles. The number of amides is 1. The lowest BCUT2D eigenvalue weighted by molar-refractivity contribution is 0.199. The molecule has 0 aliphatic rings. The van der Waals surface area contributed by atoms with E-state index in [4.69, 9.17) is 0 Å². The third-order valence-corrected chi connectivity index (χ3v) is 3.85. The van der Waals surface area contributed by atoms with Gasteiger partial charge in [0.15, 0.2) is 5.82 Å². The van der Waals surface area contributed by atoms with Gasteiger partial charge in [0.2, 0.25) is 11.6 Å². The van der Waals surface area contributed by atoms with Gasteiger partial charge in [0.05, 0.1) is 0 Å². The molecule has 1 amide bonds. The minimum atomic E-state index is -1.07. The van der Waals surface area contributed by atoms with Crippen LogP contribution in [0.15, 0.2) is 42.7 Å². The van der Waals surface area contributed by atoms with Gasteiger partial charge in [0.25, 0.3) is 0 Å². The Hall–Kier alpha value is -3.16. The van der Waals surface area contributed by atoms with E-state index < -0.39 is 6.09 Å². The molecule has 0 saturated heterocycles. The molecule has 0 fully saturated rings. The van der Waals surface area contributed by atoms with Crippen LogP contribution in [0.1, 0.15) is 19.4 Å². The van der Waals surface area contributed by atoms with Gasteiger partial charge >= 0.3 is 6.09 Å². The number of carboxylic acid groups (broad SMARTS) is 1. The molecule has 3 rings (SSSR count). The topological polar surface area (TPSA) is 86.9 Å². The monoisotopic (exact) mass is 340 g/mol. The van der Waals surface area contributed by atoms with E-state index in [0.29, 0.717) is 18.0 Å². The number of aromatic nitrogens is 4. The van der Waals surface area contributed by atoms with E-state index in [1.807, 2.05) is 42.3 Å². The zero-order valence-electron chi connectivity index (χ0n) is 14.4. The van der Waals surface area contributed by atoms with Crippen LogP contribution in [-0.4, -0.2) is 43.9 Å². The highest BCUT2D eigenvalue weighted by Gasteiger charge is 2.24. The number of rotatable bonds is 5. The third-order valence-electron chi connectivity index (χ3n) is 3.85.